The lowest BCUT2D eigenvalue weighted by molar-refractivity contribution is 0.0498. The van der Waals surface area contributed by atoms with Gasteiger partial charge in [-0.25, -0.2) is 12.8 Å². The number of halogens is 2. The van der Waals surface area contributed by atoms with Crippen molar-refractivity contribution in [2.75, 3.05) is 24.7 Å². The first-order chi connectivity index (χ1) is 15.8. The Morgan fingerprint density at radius 2 is 1.91 bits per heavy atom. The van der Waals surface area contributed by atoms with E-state index in [4.69, 9.17) is 20.8 Å². The molecule has 9 heteroatoms. The molecule has 1 N–H and O–H groups in total. The number of ether oxygens (including phenoxy) is 1. The van der Waals surface area contributed by atoms with Gasteiger partial charge >= 0.3 is 0 Å². The number of nitrogens with zero attached hydrogens (tertiary/aromatic N) is 1. The van der Waals surface area contributed by atoms with Crippen molar-refractivity contribution in [3.63, 3.8) is 0 Å². The highest BCUT2D eigenvalue weighted by molar-refractivity contribution is 7.91. The van der Waals surface area contributed by atoms with E-state index in [0.29, 0.717) is 35.3 Å². The van der Waals surface area contributed by atoms with Crippen LogP contribution in [0.1, 0.15) is 12.2 Å². The van der Waals surface area contributed by atoms with Gasteiger partial charge in [0, 0.05) is 18.2 Å². The molecular weight excluding hydrogens is 469 g/mol. The van der Waals surface area contributed by atoms with E-state index in [1.54, 1.807) is 42.5 Å². The Labute approximate surface area is 197 Å². The summed E-state index contributed by atoms with van der Waals surface area (Å²) in [6.45, 7) is 0.542. The molecule has 2 heterocycles. The molecule has 0 spiro atoms. The first kappa shape index (κ1) is 23.8. The van der Waals surface area contributed by atoms with Crippen molar-refractivity contribution in [1.82, 2.24) is 4.90 Å². The van der Waals surface area contributed by atoms with E-state index < -0.39 is 15.9 Å². The Hall–Kier alpha value is -2.39. The van der Waals surface area contributed by atoms with Crippen LogP contribution in [0.15, 0.2) is 65.1 Å². The number of para-hydroxylation sites is 1. The molecule has 1 aliphatic heterocycles. The van der Waals surface area contributed by atoms with Crippen molar-refractivity contribution in [1.29, 1.82) is 0 Å². The SMILES string of the molecule is O=S1(=O)CCC(N(Cc2ccc(-c3ccc(F)cc3)o2)CC(O)COc2ccccc2Cl)C1. The quantitative estimate of drug-likeness (QED) is 0.482. The van der Waals surface area contributed by atoms with Crippen molar-refractivity contribution in [3.05, 3.63) is 77.3 Å². The maximum absolute atomic E-state index is 13.2. The van der Waals surface area contributed by atoms with Gasteiger partial charge in [-0.1, -0.05) is 23.7 Å². The van der Waals surface area contributed by atoms with Crippen molar-refractivity contribution < 1.29 is 27.1 Å². The van der Waals surface area contributed by atoms with Gasteiger partial charge in [-0.15, -0.1) is 0 Å². The minimum Gasteiger partial charge on any atom is -0.489 e. The monoisotopic (exact) mass is 493 g/mol. The third-order valence-electron chi connectivity index (χ3n) is 5.59. The van der Waals surface area contributed by atoms with E-state index in [2.05, 4.69) is 0 Å². The van der Waals surface area contributed by atoms with Crippen LogP contribution in [0.5, 0.6) is 5.75 Å². The van der Waals surface area contributed by atoms with Gasteiger partial charge in [-0.05, 0) is 55.0 Å². The van der Waals surface area contributed by atoms with Crippen molar-refractivity contribution >= 4 is 21.4 Å². The summed E-state index contributed by atoms with van der Waals surface area (Å²) in [7, 11) is -3.11. The van der Waals surface area contributed by atoms with Crippen LogP contribution in [0.3, 0.4) is 0 Å². The van der Waals surface area contributed by atoms with E-state index in [1.165, 1.54) is 12.1 Å². The van der Waals surface area contributed by atoms with Crippen LogP contribution in [-0.4, -0.2) is 55.2 Å². The van der Waals surface area contributed by atoms with Crippen molar-refractivity contribution in [3.8, 4) is 17.1 Å². The molecule has 1 fully saturated rings. The number of benzene rings is 2. The second-order valence-corrected chi connectivity index (χ2v) is 10.8. The molecule has 2 unspecified atom stereocenters. The summed E-state index contributed by atoms with van der Waals surface area (Å²) in [5, 5.41) is 11.1. The zero-order chi connectivity index (χ0) is 23.4. The number of hydrogen-bond donors (Lipinski definition) is 1. The smallest absolute Gasteiger partial charge is 0.151 e. The van der Waals surface area contributed by atoms with Crippen molar-refractivity contribution in [2.24, 2.45) is 0 Å². The van der Waals surface area contributed by atoms with Crippen LogP contribution in [-0.2, 0) is 16.4 Å². The fraction of sp³-hybridized carbons (Fsp3) is 0.333. The Balaban J connectivity index is 1.45. The number of aliphatic hydroxyl groups is 1. The lowest BCUT2D eigenvalue weighted by atomic mass is 10.2. The van der Waals surface area contributed by atoms with E-state index in [9.17, 15) is 17.9 Å². The molecule has 1 aliphatic rings. The van der Waals surface area contributed by atoms with Gasteiger partial charge in [0.05, 0.1) is 23.1 Å². The molecule has 6 nitrogen and oxygen atoms in total. The minimum atomic E-state index is -3.11. The molecule has 1 saturated heterocycles. The number of aliphatic hydroxyl groups excluding tert-OH is 1. The van der Waals surface area contributed by atoms with Crippen LogP contribution >= 0.6 is 11.6 Å². The van der Waals surface area contributed by atoms with Crippen LogP contribution in [0.2, 0.25) is 5.02 Å². The minimum absolute atomic E-state index is 0.0126. The fourth-order valence-electron chi connectivity index (χ4n) is 3.91. The predicted octanol–water partition coefficient (Wildman–Crippen LogP) is 4.17. The molecule has 0 radical (unpaired) electrons. The molecule has 0 saturated carbocycles. The molecule has 2 atom stereocenters. The summed E-state index contributed by atoms with van der Waals surface area (Å²) in [5.41, 5.74) is 0.741. The molecule has 2 aromatic carbocycles. The van der Waals surface area contributed by atoms with Gasteiger partial charge in [0.1, 0.15) is 35.8 Å². The molecule has 3 aromatic rings. The Bertz CT molecular complexity index is 1180. The summed E-state index contributed by atoms with van der Waals surface area (Å²) >= 11 is 6.10. The van der Waals surface area contributed by atoms with Gasteiger partial charge in [0.2, 0.25) is 0 Å². The van der Waals surface area contributed by atoms with Gasteiger partial charge in [-0.3, -0.25) is 4.90 Å². The normalized spacial score (nSPS) is 18.5. The molecule has 4 rings (SSSR count). The largest absolute Gasteiger partial charge is 0.489 e. The van der Waals surface area contributed by atoms with E-state index in [1.807, 2.05) is 11.0 Å². The lowest BCUT2D eigenvalue weighted by Crippen LogP contribution is -2.42. The fourth-order valence-corrected chi connectivity index (χ4v) is 5.86. The Morgan fingerprint density at radius 1 is 1.15 bits per heavy atom. The van der Waals surface area contributed by atoms with Gasteiger partial charge in [0.15, 0.2) is 9.84 Å². The Kier molecular flexibility index (Phi) is 7.38. The maximum Gasteiger partial charge on any atom is 0.151 e. The van der Waals surface area contributed by atoms with Gasteiger partial charge < -0.3 is 14.3 Å². The van der Waals surface area contributed by atoms with Gasteiger partial charge in [0.25, 0.3) is 0 Å². The zero-order valence-electron chi connectivity index (χ0n) is 17.9. The highest BCUT2D eigenvalue weighted by Gasteiger charge is 2.33. The van der Waals surface area contributed by atoms with E-state index in [-0.39, 0.29) is 36.5 Å². The summed E-state index contributed by atoms with van der Waals surface area (Å²) in [4.78, 5) is 1.92. The Morgan fingerprint density at radius 3 is 2.61 bits per heavy atom. The third kappa shape index (κ3) is 6.35. The van der Waals surface area contributed by atoms with Crippen LogP contribution < -0.4 is 4.74 Å². The second kappa shape index (κ2) is 10.3. The third-order valence-corrected chi connectivity index (χ3v) is 7.65. The number of rotatable bonds is 9. The average molecular weight is 494 g/mol. The summed E-state index contributed by atoms with van der Waals surface area (Å²) < 4.78 is 48.9. The van der Waals surface area contributed by atoms with Crippen LogP contribution in [0, 0.1) is 5.82 Å². The van der Waals surface area contributed by atoms with Crippen molar-refractivity contribution in [2.45, 2.75) is 25.1 Å². The van der Waals surface area contributed by atoms with Crippen LogP contribution in [0.4, 0.5) is 4.39 Å². The molecule has 0 aliphatic carbocycles. The number of sulfone groups is 1. The van der Waals surface area contributed by atoms with Crippen LogP contribution in [0.25, 0.3) is 11.3 Å². The number of furan rings is 1. The lowest BCUT2D eigenvalue weighted by Gasteiger charge is -2.29. The number of hydrogen-bond acceptors (Lipinski definition) is 6. The predicted molar refractivity (Wildman–Crippen MR) is 125 cm³/mol. The molecular formula is C24H25ClFNO5S. The molecule has 0 bridgehead atoms. The van der Waals surface area contributed by atoms with E-state index in [0.717, 1.165) is 5.56 Å². The summed E-state index contributed by atoms with van der Waals surface area (Å²) in [5.74, 6) is 1.52. The maximum atomic E-state index is 13.2. The van der Waals surface area contributed by atoms with Gasteiger partial charge in [-0.2, -0.15) is 0 Å². The topological polar surface area (TPSA) is 80.0 Å². The zero-order valence-corrected chi connectivity index (χ0v) is 19.4. The highest BCUT2D eigenvalue weighted by atomic mass is 35.5. The molecule has 33 heavy (non-hydrogen) atoms. The highest BCUT2D eigenvalue weighted by Crippen LogP contribution is 2.26. The molecule has 0 amide bonds. The van der Waals surface area contributed by atoms with E-state index >= 15 is 0 Å². The first-order valence-corrected chi connectivity index (χ1v) is 12.8. The second-order valence-electron chi connectivity index (χ2n) is 8.15. The summed E-state index contributed by atoms with van der Waals surface area (Å²) in [6.07, 6.45) is -0.373. The first-order valence-electron chi connectivity index (χ1n) is 10.6. The standard InChI is InChI=1S/C24H25ClFNO5S/c25-22-3-1-2-4-24(22)31-15-20(28)13-27(19-11-12-33(29,30)16-19)14-21-9-10-23(32-21)17-5-7-18(26)8-6-17/h1-10,19-20,28H,11-16H2. The molecule has 176 valence electrons. The molecule has 1 aromatic heterocycles. The average Bonchev–Trinajstić information content (AvgIpc) is 3.39. The summed E-state index contributed by atoms with van der Waals surface area (Å²) in [6, 6.07) is 16.4.